The molecule has 4 nitrogen and oxygen atoms in total. The third kappa shape index (κ3) is 5.22. The summed E-state index contributed by atoms with van der Waals surface area (Å²) in [7, 11) is 1.33. The van der Waals surface area contributed by atoms with Crippen LogP contribution in [0.5, 0.6) is 0 Å². The lowest BCUT2D eigenvalue weighted by Crippen LogP contribution is -2.16. The average Bonchev–Trinajstić information content (AvgIpc) is 2.13. The third-order valence-electron chi connectivity index (χ3n) is 1.70. The Morgan fingerprint density at radius 3 is 2.46 bits per heavy atom. The van der Waals surface area contributed by atoms with Crippen LogP contribution >= 0.6 is 0 Å². The zero-order valence-electron chi connectivity index (χ0n) is 8.33. The van der Waals surface area contributed by atoms with Crippen LogP contribution in [0.25, 0.3) is 0 Å². The summed E-state index contributed by atoms with van der Waals surface area (Å²) in [6.07, 6.45) is 0.738. The molecule has 0 bridgehead atoms. The molecule has 0 saturated carbocycles. The van der Waals surface area contributed by atoms with Gasteiger partial charge in [0.1, 0.15) is 0 Å². The molecule has 0 aliphatic heterocycles. The molecular formula is C9H16O4. The predicted octanol–water partition coefficient (Wildman–Crippen LogP) is 1.14. The molecule has 13 heavy (non-hydrogen) atoms. The van der Waals surface area contributed by atoms with E-state index in [4.69, 9.17) is 4.74 Å². The lowest BCUT2D eigenvalue weighted by molar-refractivity contribution is -0.148. The molecule has 0 aromatic carbocycles. The Balaban J connectivity index is 3.67. The molecule has 0 aromatic heterocycles. The number of ether oxygens (including phenoxy) is 2. The van der Waals surface area contributed by atoms with Gasteiger partial charge in [0.15, 0.2) is 0 Å². The molecule has 0 fully saturated rings. The Kier molecular flexibility index (Phi) is 5.93. The number of esters is 2. The summed E-state index contributed by atoms with van der Waals surface area (Å²) in [4.78, 5) is 21.8. The highest BCUT2D eigenvalue weighted by Crippen LogP contribution is 2.08. The monoisotopic (exact) mass is 188 g/mol. The van der Waals surface area contributed by atoms with Crippen molar-refractivity contribution in [3.05, 3.63) is 0 Å². The Hall–Kier alpha value is -1.06. The van der Waals surface area contributed by atoms with E-state index >= 15 is 0 Å². The third-order valence-corrected chi connectivity index (χ3v) is 1.70. The molecule has 1 unspecified atom stereocenters. The zero-order valence-corrected chi connectivity index (χ0v) is 8.33. The smallest absolute Gasteiger partial charge is 0.308 e. The Bertz CT molecular complexity index is 176. The summed E-state index contributed by atoms with van der Waals surface area (Å²) in [5.41, 5.74) is 0. The maximum absolute atomic E-state index is 11.1. The summed E-state index contributed by atoms with van der Waals surface area (Å²) in [5, 5.41) is 0. The van der Waals surface area contributed by atoms with Gasteiger partial charge in [-0.1, -0.05) is 6.92 Å². The maximum atomic E-state index is 11.1. The van der Waals surface area contributed by atoms with Crippen molar-refractivity contribution in [2.24, 2.45) is 5.92 Å². The fourth-order valence-corrected chi connectivity index (χ4v) is 0.839. The van der Waals surface area contributed by atoms with Gasteiger partial charge in [0.25, 0.3) is 0 Å². The number of hydrogen-bond donors (Lipinski definition) is 0. The van der Waals surface area contributed by atoms with E-state index in [1.807, 2.05) is 0 Å². The first-order valence-electron chi connectivity index (χ1n) is 4.35. The molecule has 0 aliphatic carbocycles. The summed E-state index contributed by atoms with van der Waals surface area (Å²) in [6.45, 7) is 3.87. The Labute approximate surface area is 78.2 Å². The molecule has 0 aromatic rings. The molecule has 0 spiro atoms. The van der Waals surface area contributed by atoms with E-state index < -0.39 is 0 Å². The van der Waals surface area contributed by atoms with Crippen LogP contribution in [-0.4, -0.2) is 25.7 Å². The minimum absolute atomic E-state index is 0.237. The van der Waals surface area contributed by atoms with E-state index in [1.54, 1.807) is 13.8 Å². The fourth-order valence-electron chi connectivity index (χ4n) is 0.839. The normalized spacial score (nSPS) is 11.9. The van der Waals surface area contributed by atoms with Gasteiger partial charge in [-0.3, -0.25) is 9.59 Å². The highest BCUT2D eigenvalue weighted by atomic mass is 16.5. The molecular weight excluding hydrogens is 172 g/mol. The molecule has 4 heteroatoms. The summed E-state index contributed by atoms with van der Waals surface area (Å²) in [5.74, 6) is -0.790. The van der Waals surface area contributed by atoms with Gasteiger partial charge in [0.05, 0.1) is 19.6 Å². The molecule has 0 amide bonds. The lowest BCUT2D eigenvalue weighted by Gasteiger charge is -2.08. The van der Waals surface area contributed by atoms with Crippen LogP contribution in [-0.2, 0) is 19.1 Å². The second-order valence-corrected chi connectivity index (χ2v) is 2.77. The first-order valence-corrected chi connectivity index (χ1v) is 4.35. The number of rotatable bonds is 5. The molecule has 0 N–H and O–H groups in total. The molecule has 0 rings (SSSR count). The van der Waals surface area contributed by atoms with Crippen LogP contribution in [0.2, 0.25) is 0 Å². The van der Waals surface area contributed by atoms with Crippen LogP contribution < -0.4 is 0 Å². The van der Waals surface area contributed by atoms with Gasteiger partial charge < -0.3 is 9.47 Å². The van der Waals surface area contributed by atoms with E-state index in [0.29, 0.717) is 13.0 Å². The summed E-state index contributed by atoms with van der Waals surface area (Å²) in [6, 6.07) is 0. The number of hydrogen-bond acceptors (Lipinski definition) is 4. The van der Waals surface area contributed by atoms with Crippen molar-refractivity contribution in [2.45, 2.75) is 26.7 Å². The van der Waals surface area contributed by atoms with E-state index in [0.717, 1.165) is 0 Å². The van der Waals surface area contributed by atoms with Crippen LogP contribution in [0.15, 0.2) is 0 Å². The van der Waals surface area contributed by atoms with Crippen molar-refractivity contribution in [3.63, 3.8) is 0 Å². The van der Waals surface area contributed by atoms with Crippen LogP contribution in [0.1, 0.15) is 26.7 Å². The molecule has 0 aliphatic rings. The van der Waals surface area contributed by atoms with Crippen LogP contribution in [0.3, 0.4) is 0 Å². The largest absolute Gasteiger partial charge is 0.469 e. The molecule has 0 radical (unpaired) electrons. The number of methoxy groups -OCH3 is 1. The standard InChI is InChI=1S/C9H16O4/c1-4-13-9(11)7(2)5-6-8(10)12-3/h7H,4-6H2,1-3H3. The zero-order chi connectivity index (χ0) is 10.3. The fraction of sp³-hybridized carbons (Fsp3) is 0.778. The van der Waals surface area contributed by atoms with Crippen molar-refractivity contribution in [2.75, 3.05) is 13.7 Å². The van der Waals surface area contributed by atoms with E-state index in [-0.39, 0.29) is 24.3 Å². The summed E-state index contributed by atoms with van der Waals surface area (Å²) >= 11 is 0. The van der Waals surface area contributed by atoms with E-state index in [1.165, 1.54) is 7.11 Å². The van der Waals surface area contributed by atoms with Crippen LogP contribution in [0.4, 0.5) is 0 Å². The first-order chi connectivity index (χ1) is 6.11. The van der Waals surface area contributed by atoms with Crippen molar-refractivity contribution >= 4 is 11.9 Å². The number of carbonyl (C=O) groups excluding carboxylic acids is 2. The Morgan fingerprint density at radius 2 is 2.00 bits per heavy atom. The second-order valence-electron chi connectivity index (χ2n) is 2.77. The molecule has 1 atom stereocenters. The second kappa shape index (κ2) is 6.46. The highest BCUT2D eigenvalue weighted by Gasteiger charge is 2.15. The molecule has 0 saturated heterocycles. The van der Waals surface area contributed by atoms with Gasteiger partial charge >= 0.3 is 11.9 Å². The maximum Gasteiger partial charge on any atom is 0.308 e. The van der Waals surface area contributed by atoms with Crippen molar-refractivity contribution in [3.8, 4) is 0 Å². The highest BCUT2D eigenvalue weighted by molar-refractivity contribution is 5.74. The topological polar surface area (TPSA) is 52.6 Å². The van der Waals surface area contributed by atoms with Gasteiger partial charge in [-0.05, 0) is 13.3 Å². The number of carbonyl (C=O) groups is 2. The van der Waals surface area contributed by atoms with Gasteiger partial charge in [-0.15, -0.1) is 0 Å². The minimum Gasteiger partial charge on any atom is -0.469 e. The van der Waals surface area contributed by atoms with E-state index in [9.17, 15) is 9.59 Å². The van der Waals surface area contributed by atoms with Crippen molar-refractivity contribution in [1.82, 2.24) is 0 Å². The predicted molar refractivity (Wildman–Crippen MR) is 47.0 cm³/mol. The summed E-state index contributed by atoms with van der Waals surface area (Å²) < 4.78 is 9.23. The van der Waals surface area contributed by atoms with Crippen LogP contribution in [0, 0.1) is 5.92 Å². The quantitative estimate of drug-likeness (QED) is 0.607. The molecule has 0 heterocycles. The Morgan fingerprint density at radius 1 is 1.38 bits per heavy atom. The minimum atomic E-state index is -0.295. The van der Waals surface area contributed by atoms with Gasteiger partial charge in [0, 0.05) is 6.42 Å². The molecule has 76 valence electrons. The van der Waals surface area contributed by atoms with Crippen molar-refractivity contribution < 1.29 is 19.1 Å². The van der Waals surface area contributed by atoms with E-state index in [2.05, 4.69) is 4.74 Å². The SMILES string of the molecule is CCOC(=O)C(C)CCC(=O)OC. The lowest BCUT2D eigenvalue weighted by atomic mass is 10.1. The first kappa shape index (κ1) is 11.9. The van der Waals surface area contributed by atoms with Gasteiger partial charge in [0.2, 0.25) is 0 Å². The van der Waals surface area contributed by atoms with Crippen molar-refractivity contribution in [1.29, 1.82) is 0 Å². The van der Waals surface area contributed by atoms with Gasteiger partial charge in [-0.25, -0.2) is 0 Å². The van der Waals surface area contributed by atoms with Gasteiger partial charge in [-0.2, -0.15) is 0 Å². The average molecular weight is 188 g/mol.